The summed E-state index contributed by atoms with van der Waals surface area (Å²) in [5, 5.41) is 6.88. The van der Waals surface area contributed by atoms with E-state index in [2.05, 4.69) is 33.0 Å². The summed E-state index contributed by atoms with van der Waals surface area (Å²) in [6.07, 6.45) is 0. The Morgan fingerprint density at radius 2 is 1.96 bits per heavy atom. The van der Waals surface area contributed by atoms with E-state index in [0.29, 0.717) is 10.8 Å². The number of hydrogen-bond acceptors (Lipinski definition) is 7. The lowest BCUT2D eigenvalue weighted by molar-refractivity contribution is -0.136. The first-order valence-corrected chi connectivity index (χ1v) is 8.09. The van der Waals surface area contributed by atoms with Crippen LogP contribution in [0.4, 0.5) is 5.69 Å². The number of imide groups is 1. The van der Waals surface area contributed by atoms with E-state index in [4.69, 9.17) is 4.74 Å². The second-order valence-electron chi connectivity index (χ2n) is 5.02. The van der Waals surface area contributed by atoms with Crippen LogP contribution in [0.15, 0.2) is 34.7 Å². The molecule has 2 atom stereocenters. The maximum absolute atomic E-state index is 12.7. The number of amides is 2. The number of halogens is 1. The van der Waals surface area contributed by atoms with E-state index in [1.54, 1.807) is 31.2 Å². The number of carbonyl (C=O) groups excluding carboxylic acids is 3. The minimum Gasteiger partial charge on any atom is -0.461 e. The van der Waals surface area contributed by atoms with Crippen molar-refractivity contribution in [2.75, 3.05) is 11.5 Å². The summed E-state index contributed by atoms with van der Waals surface area (Å²) in [7, 11) is 0. The number of fused-ring (bicyclic) bond motifs is 1. The fraction of sp³-hybridized carbons (Fsp3) is 0.286. The minimum atomic E-state index is -1.26. The number of ether oxygens (including phenoxy) is 1. The molecule has 1 fully saturated rings. The Morgan fingerprint density at radius 3 is 2.54 bits per heavy atom. The van der Waals surface area contributed by atoms with Crippen LogP contribution in [0.25, 0.3) is 0 Å². The molecule has 2 aliphatic rings. The Labute approximate surface area is 149 Å². The molecule has 0 aliphatic carbocycles. The molecule has 1 saturated heterocycles. The van der Waals surface area contributed by atoms with Crippen LogP contribution in [0.1, 0.15) is 6.92 Å². The first-order chi connectivity index (χ1) is 11.5. The Balaban J connectivity index is 2.00. The maximum Gasteiger partial charge on any atom is 0.355 e. The zero-order chi connectivity index (χ0) is 17.4. The van der Waals surface area contributed by atoms with Crippen LogP contribution >= 0.6 is 22.6 Å². The molecule has 0 unspecified atom stereocenters. The maximum atomic E-state index is 12.7. The van der Waals surface area contributed by atoms with Crippen molar-refractivity contribution in [1.82, 2.24) is 5.12 Å². The monoisotopic (exact) mass is 442 g/mol. The quantitative estimate of drug-likeness (QED) is 0.299. The third-order valence-electron chi connectivity index (χ3n) is 3.68. The molecule has 10 heteroatoms. The highest BCUT2D eigenvalue weighted by atomic mass is 127. The van der Waals surface area contributed by atoms with E-state index < -0.39 is 29.7 Å². The first kappa shape index (κ1) is 16.5. The molecule has 1 aromatic rings. The van der Waals surface area contributed by atoms with Crippen LogP contribution in [0.3, 0.4) is 0 Å². The number of hydrazone groups is 1. The molecule has 0 saturated carbocycles. The van der Waals surface area contributed by atoms with Gasteiger partial charge in [0.25, 0.3) is 5.91 Å². The van der Waals surface area contributed by atoms with Crippen molar-refractivity contribution < 1.29 is 19.1 Å². The summed E-state index contributed by atoms with van der Waals surface area (Å²) in [5.74, 6) is -3.34. The molecule has 124 valence electrons. The highest BCUT2D eigenvalue weighted by Gasteiger charge is 2.59. The van der Waals surface area contributed by atoms with Gasteiger partial charge in [-0.15, -0.1) is 15.1 Å². The molecular weight excluding hydrogens is 431 g/mol. The van der Waals surface area contributed by atoms with Gasteiger partial charge in [-0.25, -0.2) is 9.69 Å². The third kappa shape index (κ3) is 2.46. The zero-order valence-electron chi connectivity index (χ0n) is 12.4. The first-order valence-electron chi connectivity index (χ1n) is 7.01. The molecule has 2 heterocycles. The number of nitrogens with zero attached hydrogens (tertiary/aromatic N) is 4. The summed E-state index contributed by atoms with van der Waals surface area (Å²) in [5.41, 5.74) is 0.0710. The van der Waals surface area contributed by atoms with Crippen molar-refractivity contribution in [2.45, 2.75) is 13.0 Å². The summed E-state index contributed by atoms with van der Waals surface area (Å²) >= 11 is 2.09. The molecule has 0 bridgehead atoms. The van der Waals surface area contributed by atoms with Gasteiger partial charge in [0.1, 0.15) is 5.92 Å². The van der Waals surface area contributed by atoms with E-state index in [0.717, 1.165) is 8.47 Å². The van der Waals surface area contributed by atoms with Gasteiger partial charge in [-0.1, -0.05) is 0 Å². The molecule has 0 N–H and O–H groups in total. The van der Waals surface area contributed by atoms with E-state index in [-0.39, 0.29) is 12.3 Å². The average Bonchev–Trinajstić information content (AvgIpc) is 3.07. The fourth-order valence-electron chi connectivity index (χ4n) is 2.68. The Morgan fingerprint density at radius 1 is 1.29 bits per heavy atom. The van der Waals surface area contributed by atoms with E-state index >= 15 is 0 Å². The third-order valence-corrected chi connectivity index (χ3v) is 4.40. The summed E-state index contributed by atoms with van der Waals surface area (Å²) in [4.78, 5) is 49.2. The average molecular weight is 442 g/mol. The van der Waals surface area contributed by atoms with Crippen LogP contribution in [-0.4, -0.2) is 41.3 Å². The summed E-state index contributed by atoms with van der Waals surface area (Å²) < 4.78 is 5.78. The van der Waals surface area contributed by atoms with Crippen LogP contribution < -0.4 is 4.90 Å². The minimum absolute atomic E-state index is 0.0761. The molecule has 0 radical (unpaired) electrons. The smallest absolute Gasteiger partial charge is 0.355 e. The van der Waals surface area contributed by atoms with Gasteiger partial charge in [-0.2, -0.15) is 0 Å². The molecule has 2 amide bonds. The topological polar surface area (TPSA) is 109 Å². The summed E-state index contributed by atoms with van der Waals surface area (Å²) in [6.45, 7) is 1.67. The van der Waals surface area contributed by atoms with Gasteiger partial charge in [0.05, 0.1) is 17.6 Å². The molecule has 3 rings (SSSR count). The Bertz CT molecular complexity index is 763. The Kier molecular flexibility index (Phi) is 4.30. The van der Waals surface area contributed by atoms with Gasteiger partial charge in [0.15, 0.2) is 11.8 Å². The van der Waals surface area contributed by atoms with Crippen molar-refractivity contribution in [1.29, 1.82) is 0 Å². The van der Waals surface area contributed by atoms with Gasteiger partial charge < -0.3 is 4.74 Å². The Hall–Kier alpha value is -2.37. The highest BCUT2D eigenvalue weighted by Crippen LogP contribution is 2.35. The molecular formula is C14H11IN4O5. The number of hydrogen-bond donors (Lipinski definition) is 0. The number of nitroso groups, excluding NO2 is 1. The van der Waals surface area contributed by atoms with Gasteiger partial charge in [0.2, 0.25) is 5.91 Å². The number of carbonyl (C=O) groups is 3. The number of benzene rings is 1. The number of anilines is 1. The van der Waals surface area contributed by atoms with Crippen molar-refractivity contribution >= 4 is 51.8 Å². The van der Waals surface area contributed by atoms with Crippen molar-refractivity contribution in [3.8, 4) is 0 Å². The lowest BCUT2D eigenvalue weighted by atomic mass is 9.98. The lowest BCUT2D eigenvalue weighted by Crippen LogP contribution is -2.36. The molecule has 1 aromatic carbocycles. The summed E-state index contributed by atoms with van der Waals surface area (Å²) in [6, 6.07) is 5.44. The van der Waals surface area contributed by atoms with E-state index in [1.165, 1.54) is 0 Å². The molecule has 9 nitrogen and oxygen atoms in total. The number of rotatable bonds is 4. The zero-order valence-corrected chi connectivity index (χ0v) is 14.5. The highest BCUT2D eigenvalue weighted by molar-refractivity contribution is 14.1. The second kappa shape index (κ2) is 6.26. The molecule has 0 spiro atoms. The van der Waals surface area contributed by atoms with Crippen LogP contribution in [0, 0.1) is 14.4 Å². The van der Waals surface area contributed by atoms with Crippen molar-refractivity contribution in [3.63, 3.8) is 0 Å². The van der Waals surface area contributed by atoms with Gasteiger partial charge in [-0.3, -0.25) is 9.59 Å². The predicted octanol–water partition coefficient (Wildman–Crippen LogP) is 1.07. The van der Waals surface area contributed by atoms with Crippen molar-refractivity contribution in [3.05, 3.63) is 32.7 Å². The molecule has 0 aromatic heterocycles. The van der Waals surface area contributed by atoms with Crippen LogP contribution in [-0.2, 0) is 19.1 Å². The van der Waals surface area contributed by atoms with Crippen LogP contribution in [0.5, 0.6) is 0 Å². The van der Waals surface area contributed by atoms with E-state index in [1.807, 2.05) is 0 Å². The van der Waals surface area contributed by atoms with Gasteiger partial charge in [0, 0.05) is 3.57 Å². The van der Waals surface area contributed by atoms with E-state index in [9.17, 15) is 19.3 Å². The lowest BCUT2D eigenvalue weighted by Gasteiger charge is -2.16. The van der Waals surface area contributed by atoms with Gasteiger partial charge in [-0.05, 0) is 53.8 Å². The normalized spacial score (nSPS) is 22.5. The molecule has 24 heavy (non-hydrogen) atoms. The standard InChI is InChI=1S/C14H11IN4O5/c1-2-24-14(22)10-9-11(19(16-10)17-23)13(21)18(12(9)20)8-5-3-7(15)4-6-8/h3-6,9,11H,2H2,1H3/t9-,11-/m0/s1. The van der Waals surface area contributed by atoms with Crippen molar-refractivity contribution in [2.24, 2.45) is 16.3 Å². The van der Waals surface area contributed by atoms with Gasteiger partial charge >= 0.3 is 5.97 Å². The molecule has 2 aliphatic heterocycles. The number of esters is 1. The second-order valence-corrected chi connectivity index (χ2v) is 6.26. The predicted molar refractivity (Wildman–Crippen MR) is 90.6 cm³/mol. The SMILES string of the molecule is CCOC(=O)C1=NN(N=O)[C@@H]2C(=O)N(c3ccc(I)cc3)C(=O)[C@@H]12. The largest absolute Gasteiger partial charge is 0.461 e. The fourth-order valence-corrected chi connectivity index (χ4v) is 3.04. The van der Waals surface area contributed by atoms with Crippen LogP contribution in [0.2, 0.25) is 0 Å².